The summed E-state index contributed by atoms with van der Waals surface area (Å²) in [5.41, 5.74) is 0.815. The van der Waals surface area contributed by atoms with Crippen LogP contribution in [0.1, 0.15) is 29.6 Å². The van der Waals surface area contributed by atoms with E-state index in [1.165, 1.54) is 12.5 Å². The summed E-state index contributed by atoms with van der Waals surface area (Å²) in [6.45, 7) is 1.87. The number of rotatable bonds is 3. The molecule has 1 aromatic rings. The third kappa shape index (κ3) is 3.27. The van der Waals surface area contributed by atoms with E-state index >= 15 is 0 Å². The molecule has 0 unspecified atom stereocenters. The van der Waals surface area contributed by atoms with Crippen LogP contribution in [-0.4, -0.2) is 29.2 Å². The molecule has 0 aromatic heterocycles. The maximum absolute atomic E-state index is 10.8. The molecule has 0 aliphatic carbocycles. The summed E-state index contributed by atoms with van der Waals surface area (Å²) < 4.78 is 0. The van der Waals surface area contributed by atoms with E-state index in [0.717, 1.165) is 25.9 Å². The third-order valence-electron chi connectivity index (χ3n) is 2.71. The van der Waals surface area contributed by atoms with E-state index in [-0.39, 0.29) is 5.56 Å². The van der Waals surface area contributed by atoms with Crippen molar-refractivity contribution >= 4 is 11.7 Å². The molecule has 1 heterocycles. The van der Waals surface area contributed by atoms with Crippen LogP contribution < -0.4 is 0 Å². The van der Waals surface area contributed by atoms with Crippen molar-refractivity contribution in [3.63, 3.8) is 0 Å². The molecule has 1 fully saturated rings. The van der Waals surface area contributed by atoms with Crippen molar-refractivity contribution < 1.29 is 9.90 Å². The fourth-order valence-electron chi connectivity index (χ4n) is 1.78. The van der Waals surface area contributed by atoms with Crippen molar-refractivity contribution in [2.45, 2.75) is 19.3 Å². The first-order chi connectivity index (χ1) is 8.25. The Hall–Kier alpha value is -1.91. The zero-order valence-corrected chi connectivity index (χ0v) is 9.54. The van der Waals surface area contributed by atoms with Crippen molar-refractivity contribution in [2.75, 3.05) is 13.1 Å². The highest BCUT2D eigenvalue weighted by molar-refractivity contribution is 5.88. The van der Waals surface area contributed by atoms with Crippen molar-refractivity contribution in [3.05, 3.63) is 29.8 Å². The molecule has 0 bridgehead atoms. The molecule has 17 heavy (non-hydrogen) atoms. The van der Waals surface area contributed by atoms with Gasteiger partial charge in [0.2, 0.25) is 0 Å². The fourth-order valence-corrected chi connectivity index (χ4v) is 1.78. The van der Waals surface area contributed by atoms with Crippen LogP contribution in [0.25, 0.3) is 0 Å². The van der Waals surface area contributed by atoms with Crippen LogP contribution in [0.4, 0.5) is 5.69 Å². The van der Waals surface area contributed by atoms with Gasteiger partial charge in [0.15, 0.2) is 0 Å². The van der Waals surface area contributed by atoms with Crippen LogP contribution in [0.15, 0.2) is 34.6 Å². The molecular weight excluding hydrogens is 218 g/mol. The Morgan fingerprint density at radius 2 is 2.00 bits per heavy atom. The minimum absolute atomic E-state index is 0.236. The molecule has 0 spiro atoms. The lowest BCUT2D eigenvalue weighted by molar-refractivity contribution is 0.0697. The molecule has 1 N–H and O–H groups in total. The summed E-state index contributed by atoms with van der Waals surface area (Å²) in [6, 6.07) is 6.49. The van der Waals surface area contributed by atoms with Crippen molar-refractivity contribution in [1.82, 2.24) is 5.01 Å². The number of carboxylic acids is 1. The second kappa shape index (κ2) is 5.43. The number of nitrogens with zero attached hydrogens (tertiary/aromatic N) is 3. The maximum Gasteiger partial charge on any atom is 0.335 e. The zero-order valence-electron chi connectivity index (χ0n) is 9.54. The van der Waals surface area contributed by atoms with Crippen molar-refractivity contribution in [1.29, 1.82) is 0 Å². The predicted octanol–water partition coefficient (Wildman–Crippen LogP) is 2.87. The second-order valence-corrected chi connectivity index (χ2v) is 4.06. The quantitative estimate of drug-likeness (QED) is 0.816. The molecule has 0 saturated carbocycles. The molecule has 2 rings (SSSR count). The van der Waals surface area contributed by atoms with E-state index in [1.807, 2.05) is 5.01 Å². The number of hydrogen-bond acceptors (Lipinski definition) is 3. The number of benzene rings is 1. The smallest absolute Gasteiger partial charge is 0.335 e. The van der Waals surface area contributed by atoms with Gasteiger partial charge in [-0.2, -0.15) is 0 Å². The van der Waals surface area contributed by atoms with Gasteiger partial charge in [-0.15, -0.1) is 5.11 Å². The van der Waals surface area contributed by atoms with Gasteiger partial charge in [0, 0.05) is 13.1 Å². The van der Waals surface area contributed by atoms with Crippen LogP contribution in [0.5, 0.6) is 0 Å². The largest absolute Gasteiger partial charge is 0.478 e. The van der Waals surface area contributed by atoms with E-state index in [9.17, 15) is 4.79 Å². The Kier molecular flexibility index (Phi) is 3.69. The minimum Gasteiger partial charge on any atom is -0.478 e. The summed E-state index contributed by atoms with van der Waals surface area (Å²) in [7, 11) is 0. The van der Waals surface area contributed by atoms with Crippen LogP contribution in [0.2, 0.25) is 0 Å². The SMILES string of the molecule is O=C(O)c1cccc(N=NN2CCCCC2)c1. The van der Waals surface area contributed by atoms with E-state index < -0.39 is 5.97 Å². The van der Waals surface area contributed by atoms with Gasteiger partial charge >= 0.3 is 5.97 Å². The number of piperidine rings is 1. The lowest BCUT2D eigenvalue weighted by Crippen LogP contribution is -2.23. The van der Waals surface area contributed by atoms with Gasteiger partial charge in [-0.05, 0) is 37.5 Å². The molecule has 0 amide bonds. The molecular formula is C12H15N3O2. The summed E-state index contributed by atoms with van der Waals surface area (Å²) in [6.07, 6.45) is 3.54. The third-order valence-corrected chi connectivity index (χ3v) is 2.71. The molecule has 5 heteroatoms. The first kappa shape index (κ1) is 11.6. The van der Waals surface area contributed by atoms with Gasteiger partial charge in [0.25, 0.3) is 0 Å². The lowest BCUT2D eigenvalue weighted by atomic mass is 10.2. The van der Waals surface area contributed by atoms with Crippen LogP contribution in [0, 0.1) is 0 Å². The zero-order chi connectivity index (χ0) is 12.1. The highest BCUT2D eigenvalue weighted by atomic mass is 16.4. The van der Waals surface area contributed by atoms with Crippen LogP contribution in [-0.2, 0) is 0 Å². The van der Waals surface area contributed by atoms with Crippen LogP contribution in [0.3, 0.4) is 0 Å². The van der Waals surface area contributed by atoms with Crippen molar-refractivity contribution in [3.8, 4) is 0 Å². The van der Waals surface area contributed by atoms with Crippen molar-refractivity contribution in [2.24, 2.45) is 10.3 Å². The van der Waals surface area contributed by atoms with Crippen LogP contribution >= 0.6 is 0 Å². The molecule has 1 saturated heterocycles. The van der Waals surface area contributed by atoms with Gasteiger partial charge in [0.05, 0.1) is 11.3 Å². The summed E-state index contributed by atoms with van der Waals surface area (Å²) in [5.74, 6) is -0.944. The number of carboxylic acid groups (broad SMARTS) is 1. The van der Waals surface area contributed by atoms with E-state index in [1.54, 1.807) is 18.2 Å². The average molecular weight is 233 g/mol. The lowest BCUT2D eigenvalue weighted by Gasteiger charge is -2.21. The fraction of sp³-hybridized carbons (Fsp3) is 0.417. The Morgan fingerprint density at radius 3 is 2.71 bits per heavy atom. The molecule has 0 radical (unpaired) electrons. The van der Waals surface area contributed by atoms with Gasteiger partial charge < -0.3 is 5.11 Å². The number of aromatic carboxylic acids is 1. The van der Waals surface area contributed by atoms with Gasteiger partial charge in [-0.25, -0.2) is 4.79 Å². The van der Waals surface area contributed by atoms with Gasteiger partial charge in [0.1, 0.15) is 0 Å². The molecule has 0 atom stereocenters. The first-order valence-corrected chi connectivity index (χ1v) is 5.76. The standard InChI is InChI=1S/C12H15N3O2/c16-12(17)10-5-4-6-11(9-10)13-14-15-7-2-1-3-8-15/h4-6,9H,1-3,7-8H2,(H,16,17). The van der Waals surface area contributed by atoms with E-state index in [4.69, 9.17) is 5.11 Å². The van der Waals surface area contributed by atoms with E-state index in [0.29, 0.717) is 5.69 Å². The summed E-state index contributed by atoms with van der Waals surface area (Å²) in [4.78, 5) is 10.8. The number of hydrogen-bond donors (Lipinski definition) is 1. The summed E-state index contributed by atoms with van der Waals surface area (Å²) in [5, 5.41) is 19.0. The Bertz CT molecular complexity index is 426. The van der Waals surface area contributed by atoms with Gasteiger partial charge in [-0.3, -0.25) is 5.01 Å². The normalized spacial score (nSPS) is 16.4. The summed E-state index contributed by atoms with van der Waals surface area (Å²) >= 11 is 0. The Labute approximate surface area is 99.7 Å². The van der Waals surface area contributed by atoms with E-state index in [2.05, 4.69) is 10.3 Å². The molecule has 90 valence electrons. The highest BCUT2D eigenvalue weighted by Crippen LogP contribution is 2.16. The maximum atomic E-state index is 10.8. The Morgan fingerprint density at radius 1 is 1.24 bits per heavy atom. The molecule has 1 aliphatic heterocycles. The second-order valence-electron chi connectivity index (χ2n) is 4.06. The number of carbonyl (C=O) groups is 1. The highest BCUT2D eigenvalue weighted by Gasteiger charge is 2.07. The molecule has 1 aromatic carbocycles. The monoisotopic (exact) mass is 233 g/mol. The Balaban J connectivity index is 2.04. The minimum atomic E-state index is -0.944. The molecule has 5 nitrogen and oxygen atoms in total. The topological polar surface area (TPSA) is 65.3 Å². The molecule has 1 aliphatic rings. The van der Waals surface area contributed by atoms with Gasteiger partial charge in [-0.1, -0.05) is 11.3 Å². The first-order valence-electron chi connectivity index (χ1n) is 5.76. The average Bonchev–Trinajstić information content (AvgIpc) is 2.38. The predicted molar refractivity (Wildman–Crippen MR) is 63.3 cm³/mol.